The minimum atomic E-state index is -4.02. The van der Waals surface area contributed by atoms with Gasteiger partial charge in [0, 0.05) is 17.1 Å². The number of nitrogens with two attached hydrogens (primary N) is 1. The van der Waals surface area contributed by atoms with Crippen molar-refractivity contribution in [3.8, 4) is 35.3 Å². The van der Waals surface area contributed by atoms with Crippen LogP contribution in [-0.2, 0) is 10.1 Å². The van der Waals surface area contributed by atoms with Crippen molar-refractivity contribution in [3.05, 3.63) is 95.6 Å². The summed E-state index contributed by atoms with van der Waals surface area (Å²) in [5.41, 5.74) is 8.66. The molecule has 5 aromatic rings. The van der Waals surface area contributed by atoms with Gasteiger partial charge in [-0.1, -0.05) is 17.7 Å². The van der Waals surface area contributed by atoms with Gasteiger partial charge in [-0.25, -0.2) is 0 Å². The SMILES string of the molecule is COc1cc2cc(C#N)ccc2c(OC)c1Oc1cc(N)nc(Nc2ccc(C#N)cc2)n1.Cc1ccc(S(=O)(=O)O)cc1. The molecule has 0 spiro atoms. The van der Waals surface area contributed by atoms with E-state index < -0.39 is 10.1 Å². The molecule has 44 heavy (non-hydrogen) atoms. The lowest BCUT2D eigenvalue weighted by Crippen LogP contribution is -2.03. The largest absolute Gasteiger partial charge is 0.493 e. The topological polar surface area (TPSA) is 193 Å². The molecule has 1 heterocycles. The van der Waals surface area contributed by atoms with Crippen LogP contribution in [0.2, 0.25) is 0 Å². The summed E-state index contributed by atoms with van der Waals surface area (Å²) in [6.45, 7) is 1.84. The van der Waals surface area contributed by atoms with E-state index in [1.807, 2.05) is 6.92 Å². The Morgan fingerprint density at radius 2 is 1.50 bits per heavy atom. The number of nitrogens with zero attached hydrogens (tertiary/aromatic N) is 4. The van der Waals surface area contributed by atoms with Gasteiger partial charge in [0.05, 0.1) is 42.4 Å². The van der Waals surface area contributed by atoms with Crippen LogP contribution in [0.3, 0.4) is 0 Å². The predicted molar refractivity (Wildman–Crippen MR) is 164 cm³/mol. The fraction of sp³-hybridized carbons (Fsp3) is 0.0968. The third-order valence-electron chi connectivity index (χ3n) is 6.08. The number of hydrogen-bond acceptors (Lipinski definition) is 11. The fourth-order valence-corrected chi connectivity index (χ4v) is 4.45. The highest BCUT2D eigenvalue weighted by Crippen LogP contribution is 2.45. The number of ether oxygens (including phenoxy) is 3. The second-order valence-corrected chi connectivity index (χ2v) is 10.6. The van der Waals surface area contributed by atoms with Crippen LogP contribution in [0.15, 0.2) is 83.8 Å². The Labute approximate surface area is 253 Å². The summed E-state index contributed by atoms with van der Waals surface area (Å²) in [6, 6.07) is 25.4. The van der Waals surface area contributed by atoms with Crippen molar-refractivity contribution in [2.45, 2.75) is 11.8 Å². The Balaban J connectivity index is 0.000000339. The monoisotopic (exact) mass is 610 g/mol. The molecule has 0 amide bonds. The third-order valence-corrected chi connectivity index (χ3v) is 6.95. The summed E-state index contributed by atoms with van der Waals surface area (Å²) in [4.78, 5) is 8.50. The summed E-state index contributed by atoms with van der Waals surface area (Å²) in [5.74, 6) is 1.70. The van der Waals surface area contributed by atoms with Gasteiger partial charge in [0.1, 0.15) is 5.82 Å². The average Bonchev–Trinajstić information content (AvgIpc) is 3.00. The Morgan fingerprint density at radius 1 is 0.841 bits per heavy atom. The number of aromatic nitrogens is 2. The van der Waals surface area contributed by atoms with Gasteiger partial charge >= 0.3 is 0 Å². The van der Waals surface area contributed by atoms with Crippen molar-refractivity contribution in [2.75, 3.05) is 25.3 Å². The van der Waals surface area contributed by atoms with E-state index in [0.29, 0.717) is 34.1 Å². The molecule has 13 heteroatoms. The molecule has 0 atom stereocenters. The highest BCUT2D eigenvalue weighted by molar-refractivity contribution is 7.85. The van der Waals surface area contributed by atoms with Gasteiger partial charge < -0.3 is 25.3 Å². The minimum Gasteiger partial charge on any atom is -0.493 e. The molecule has 5 rings (SSSR count). The molecule has 0 aliphatic heterocycles. The van der Waals surface area contributed by atoms with Crippen LogP contribution in [0.1, 0.15) is 16.7 Å². The van der Waals surface area contributed by atoms with Gasteiger partial charge in [0.2, 0.25) is 17.6 Å². The van der Waals surface area contributed by atoms with E-state index in [9.17, 15) is 13.7 Å². The summed E-state index contributed by atoms with van der Waals surface area (Å²) >= 11 is 0. The summed E-state index contributed by atoms with van der Waals surface area (Å²) < 4.78 is 46.7. The highest BCUT2D eigenvalue weighted by Gasteiger charge is 2.19. The molecule has 1 aromatic heterocycles. The van der Waals surface area contributed by atoms with Crippen molar-refractivity contribution in [1.82, 2.24) is 9.97 Å². The van der Waals surface area contributed by atoms with Gasteiger partial charge in [0.15, 0.2) is 11.5 Å². The Morgan fingerprint density at radius 3 is 2.09 bits per heavy atom. The van der Waals surface area contributed by atoms with E-state index in [0.717, 1.165) is 16.3 Å². The van der Waals surface area contributed by atoms with Gasteiger partial charge in [-0.05, 0) is 73.0 Å². The number of aryl methyl sites for hydroxylation is 1. The maximum absolute atomic E-state index is 10.5. The average molecular weight is 611 g/mol. The zero-order chi connectivity index (χ0) is 31.9. The quantitative estimate of drug-likeness (QED) is 0.189. The molecule has 0 aliphatic rings. The van der Waals surface area contributed by atoms with E-state index >= 15 is 0 Å². The van der Waals surface area contributed by atoms with Gasteiger partial charge in [-0.2, -0.15) is 28.9 Å². The number of fused-ring (bicyclic) bond motifs is 1. The smallest absolute Gasteiger partial charge is 0.294 e. The molecule has 0 saturated heterocycles. The highest BCUT2D eigenvalue weighted by atomic mass is 32.2. The van der Waals surface area contributed by atoms with Crippen molar-refractivity contribution in [2.24, 2.45) is 0 Å². The summed E-state index contributed by atoms with van der Waals surface area (Å²) in [7, 11) is -0.992. The first-order valence-electron chi connectivity index (χ1n) is 12.8. The molecule has 222 valence electrons. The molecule has 0 radical (unpaired) electrons. The molecule has 12 nitrogen and oxygen atoms in total. The van der Waals surface area contributed by atoms with E-state index in [2.05, 4.69) is 27.4 Å². The first-order valence-corrected chi connectivity index (χ1v) is 14.2. The first kappa shape index (κ1) is 31.1. The van der Waals surface area contributed by atoms with Crippen LogP contribution in [0.25, 0.3) is 10.8 Å². The van der Waals surface area contributed by atoms with Crippen molar-refractivity contribution in [1.29, 1.82) is 10.5 Å². The van der Waals surface area contributed by atoms with E-state index in [-0.39, 0.29) is 22.5 Å². The molecule has 0 fully saturated rings. The molecular weight excluding hydrogens is 584 g/mol. The second kappa shape index (κ2) is 13.4. The number of methoxy groups -OCH3 is 2. The van der Waals surface area contributed by atoms with Crippen molar-refractivity contribution >= 4 is 38.3 Å². The van der Waals surface area contributed by atoms with Crippen LogP contribution in [-0.4, -0.2) is 37.2 Å². The third kappa shape index (κ3) is 7.49. The molecule has 0 aliphatic carbocycles. The fourth-order valence-electron chi connectivity index (χ4n) is 3.97. The molecule has 4 aromatic carbocycles. The van der Waals surface area contributed by atoms with E-state index in [4.69, 9.17) is 29.8 Å². The van der Waals surface area contributed by atoms with E-state index in [1.54, 1.807) is 60.7 Å². The lowest BCUT2D eigenvalue weighted by Gasteiger charge is -2.16. The summed E-state index contributed by atoms with van der Waals surface area (Å²) in [6.07, 6.45) is 0. The molecule has 0 saturated carbocycles. The number of rotatable bonds is 7. The van der Waals surface area contributed by atoms with Crippen LogP contribution in [0.4, 0.5) is 17.5 Å². The van der Waals surface area contributed by atoms with Gasteiger partial charge in [-0.15, -0.1) is 0 Å². The van der Waals surface area contributed by atoms with E-state index in [1.165, 1.54) is 32.4 Å². The number of nitriles is 2. The lowest BCUT2D eigenvalue weighted by atomic mass is 10.1. The predicted octanol–water partition coefficient (Wildman–Crippen LogP) is 5.75. The Bertz CT molecular complexity index is 2000. The number of benzene rings is 4. The first-order chi connectivity index (χ1) is 21.0. The minimum absolute atomic E-state index is 0.0666. The van der Waals surface area contributed by atoms with Gasteiger partial charge in [-0.3, -0.25) is 4.55 Å². The lowest BCUT2D eigenvalue weighted by molar-refractivity contribution is 0.345. The number of anilines is 3. The van der Waals surface area contributed by atoms with Crippen LogP contribution >= 0.6 is 0 Å². The zero-order valence-corrected chi connectivity index (χ0v) is 24.6. The molecule has 0 bridgehead atoms. The van der Waals surface area contributed by atoms with Crippen molar-refractivity contribution in [3.63, 3.8) is 0 Å². The number of hydrogen-bond donors (Lipinski definition) is 3. The van der Waals surface area contributed by atoms with Crippen LogP contribution in [0, 0.1) is 29.6 Å². The van der Waals surface area contributed by atoms with Crippen LogP contribution in [0.5, 0.6) is 23.1 Å². The Hall–Kier alpha value is -5.89. The normalized spacial score (nSPS) is 10.5. The zero-order valence-electron chi connectivity index (χ0n) is 23.8. The molecular formula is C31H26N6O6S. The standard InChI is InChI=1S/C24H18N6O3.C7H8O3S/c1-31-19-10-16-9-15(13-26)5-8-18(16)22(32-2)23(19)33-21-11-20(27)29-24(30-21)28-17-6-3-14(12-25)4-7-17;1-6-2-4-7(5-3-6)11(8,9)10/h3-11H,1-2H3,(H3,27,28,29,30);2-5H,1H3,(H,8,9,10). The van der Waals surface area contributed by atoms with Crippen molar-refractivity contribution < 1.29 is 27.2 Å². The Kier molecular flexibility index (Phi) is 9.45. The molecule has 0 unspecified atom stereocenters. The van der Waals surface area contributed by atoms with Crippen LogP contribution < -0.4 is 25.3 Å². The maximum atomic E-state index is 10.5. The summed E-state index contributed by atoms with van der Waals surface area (Å²) in [5, 5.41) is 22.7. The molecule has 4 N–H and O–H groups in total. The van der Waals surface area contributed by atoms with Gasteiger partial charge in [0.25, 0.3) is 10.1 Å². The number of nitrogens with one attached hydrogen (secondary N) is 1. The maximum Gasteiger partial charge on any atom is 0.294 e. The number of nitrogen functional groups attached to an aromatic ring is 1. The second-order valence-electron chi connectivity index (χ2n) is 9.15.